The Morgan fingerprint density at radius 1 is 0.889 bits per heavy atom. The second-order valence-electron chi connectivity index (χ2n) is 1.04. The van der Waals surface area contributed by atoms with E-state index in [1.165, 1.54) is 19.0 Å². The third-order valence-electron chi connectivity index (χ3n) is 0.400. The number of nitrogens with zero attached hydrogens (tertiary/aromatic N) is 3. The first kappa shape index (κ1) is 7.53. The Labute approximate surface area is 53.8 Å². The van der Waals surface area contributed by atoms with Crippen molar-refractivity contribution in [3.05, 3.63) is 37.9 Å². The molecule has 0 radical (unpaired) electrons. The first-order chi connectivity index (χ1) is 4.41. The highest BCUT2D eigenvalue weighted by Gasteiger charge is 1.59. The maximum atomic E-state index is 3.56. The summed E-state index contributed by atoms with van der Waals surface area (Å²) in [6.45, 7) is 6.25. The summed E-state index contributed by atoms with van der Waals surface area (Å²) in [6, 6.07) is 0. The molecule has 0 aromatic carbocycles. The molecule has 0 spiro atoms. The van der Waals surface area contributed by atoms with Crippen LogP contribution in [0.25, 0.3) is 0 Å². The van der Waals surface area contributed by atoms with E-state index in [1.54, 1.807) is 0 Å². The van der Waals surface area contributed by atoms with E-state index >= 15 is 0 Å². The minimum Gasteiger partial charge on any atom is -0.225 e. The lowest BCUT2D eigenvalue weighted by atomic mass is 11.0. The fourth-order valence-corrected chi connectivity index (χ4v) is 0.205. The average Bonchev–Trinajstić information content (AvgIpc) is 1.93. The maximum absolute atomic E-state index is 3.56. The van der Waals surface area contributed by atoms with Crippen molar-refractivity contribution in [2.45, 2.75) is 0 Å². The summed E-state index contributed by atoms with van der Waals surface area (Å²) in [4.78, 5) is 10.7. The van der Waals surface area contributed by atoms with Gasteiger partial charge in [0.15, 0.2) is 0 Å². The summed E-state index contributed by atoms with van der Waals surface area (Å²) in [7, 11) is 0. The molecule has 9 heavy (non-hydrogen) atoms. The van der Waals surface area contributed by atoms with Crippen molar-refractivity contribution < 1.29 is 0 Å². The molecule has 3 heteroatoms. The Morgan fingerprint density at radius 2 is 1.11 bits per heavy atom. The molecule has 0 saturated heterocycles. The zero-order chi connectivity index (χ0) is 6.95. The van der Waals surface area contributed by atoms with Gasteiger partial charge in [-0.15, -0.1) is 5.73 Å². The molecule has 0 fully saturated rings. The van der Waals surface area contributed by atoms with Crippen LogP contribution in [0.5, 0.6) is 0 Å². The van der Waals surface area contributed by atoms with Gasteiger partial charge in [-0.25, -0.2) is 15.0 Å². The smallest absolute Gasteiger partial charge is 0.119 e. The van der Waals surface area contributed by atoms with E-state index in [2.05, 4.69) is 33.8 Å². The molecule has 0 N–H and O–H groups in total. The summed E-state index contributed by atoms with van der Waals surface area (Å²) in [5, 5.41) is 0. The van der Waals surface area contributed by atoms with E-state index in [1.807, 2.05) is 0 Å². The highest BCUT2D eigenvalue weighted by atomic mass is 14.9. The summed E-state index contributed by atoms with van der Waals surface area (Å²) in [6.07, 6.45) is 4.31. The van der Waals surface area contributed by atoms with Crippen molar-refractivity contribution in [1.29, 1.82) is 0 Å². The van der Waals surface area contributed by atoms with E-state index in [0.29, 0.717) is 0 Å². The average molecular weight is 121 g/mol. The van der Waals surface area contributed by atoms with Crippen molar-refractivity contribution in [3.63, 3.8) is 0 Å². The molecule has 3 nitrogen and oxygen atoms in total. The quantitative estimate of drug-likeness (QED) is 0.477. The van der Waals surface area contributed by atoms with Gasteiger partial charge in [0.1, 0.15) is 19.0 Å². The van der Waals surface area contributed by atoms with Crippen LogP contribution in [0.1, 0.15) is 0 Å². The van der Waals surface area contributed by atoms with Gasteiger partial charge in [-0.3, -0.25) is 0 Å². The lowest BCUT2D eigenvalue weighted by Gasteiger charge is -1.69. The number of rotatable bonds is 0. The van der Waals surface area contributed by atoms with E-state index in [9.17, 15) is 0 Å². The van der Waals surface area contributed by atoms with Crippen LogP contribution in [0.3, 0.4) is 0 Å². The molecule has 1 rings (SSSR count). The molecule has 0 unspecified atom stereocenters. The number of aromatic nitrogens is 3. The normalized spacial score (nSPS) is 6.22. The van der Waals surface area contributed by atoms with E-state index in [4.69, 9.17) is 0 Å². The summed E-state index contributed by atoms with van der Waals surface area (Å²) in [5.74, 6) is 0. The van der Waals surface area contributed by atoms with Crippen LogP contribution in [0.15, 0.2) is 37.9 Å². The molecule has 1 aromatic rings. The third kappa shape index (κ3) is 6.53. The van der Waals surface area contributed by atoms with Gasteiger partial charge in [0.25, 0.3) is 0 Å². The Morgan fingerprint density at radius 3 is 1.22 bits per heavy atom. The molecule has 0 amide bonds. The van der Waals surface area contributed by atoms with Crippen LogP contribution in [0.2, 0.25) is 0 Å². The summed E-state index contributed by atoms with van der Waals surface area (Å²) >= 11 is 0. The van der Waals surface area contributed by atoms with Gasteiger partial charge in [0.2, 0.25) is 0 Å². The van der Waals surface area contributed by atoms with Crippen molar-refractivity contribution in [1.82, 2.24) is 15.0 Å². The van der Waals surface area contributed by atoms with Gasteiger partial charge in [-0.2, -0.15) is 0 Å². The predicted molar refractivity (Wildman–Crippen MR) is 34.6 cm³/mol. The number of hydrogen-bond donors (Lipinski definition) is 0. The summed E-state index contributed by atoms with van der Waals surface area (Å²) in [5.41, 5.74) is 2.25. The molecular weight excluding hydrogens is 114 g/mol. The first-order valence-corrected chi connectivity index (χ1v) is 2.26. The van der Waals surface area contributed by atoms with Crippen molar-refractivity contribution >= 4 is 0 Å². The predicted octanol–water partition coefficient (Wildman–Crippen LogP) is 0.829. The number of hydrogen-bond acceptors (Lipinski definition) is 3. The topological polar surface area (TPSA) is 38.7 Å². The van der Waals surface area contributed by atoms with Crippen molar-refractivity contribution in [2.24, 2.45) is 0 Å². The van der Waals surface area contributed by atoms with Crippen LogP contribution in [-0.2, 0) is 0 Å². The van der Waals surface area contributed by atoms with Crippen LogP contribution in [0.4, 0.5) is 0 Å². The van der Waals surface area contributed by atoms with E-state index in [0.717, 1.165) is 0 Å². The second kappa shape index (κ2) is 6.53. The fraction of sp³-hybridized carbons (Fsp3) is 0. The standard InChI is InChI=1S/C3H3N3.C3H4/c1-4-2-6-3-5-1;1-3-2/h1-3H;1-2H2. The first-order valence-electron chi connectivity index (χ1n) is 2.26. The zero-order valence-electron chi connectivity index (χ0n) is 4.99. The largest absolute Gasteiger partial charge is 0.225 e. The highest BCUT2D eigenvalue weighted by Crippen LogP contribution is 1.57. The molecule has 0 aliphatic rings. The third-order valence-corrected chi connectivity index (χ3v) is 0.400. The van der Waals surface area contributed by atoms with Gasteiger partial charge in [0.05, 0.1) is 0 Å². The molecule has 1 aromatic heterocycles. The van der Waals surface area contributed by atoms with Gasteiger partial charge in [-0.1, -0.05) is 13.2 Å². The van der Waals surface area contributed by atoms with Gasteiger partial charge >= 0.3 is 0 Å². The molecule has 0 aliphatic carbocycles. The zero-order valence-corrected chi connectivity index (χ0v) is 4.99. The van der Waals surface area contributed by atoms with Crippen LogP contribution < -0.4 is 0 Å². The minimum absolute atomic E-state index is 1.44. The molecule has 0 bridgehead atoms. The Bertz CT molecular complexity index is 138. The van der Waals surface area contributed by atoms with Crippen molar-refractivity contribution in [2.75, 3.05) is 0 Å². The van der Waals surface area contributed by atoms with E-state index < -0.39 is 0 Å². The maximum Gasteiger partial charge on any atom is 0.119 e. The lowest BCUT2D eigenvalue weighted by molar-refractivity contribution is 1.05. The van der Waals surface area contributed by atoms with Gasteiger partial charge in [-0.05, 0) is 0 Å². The Kier molecular flexibility index (Phi) is 5.46. The monoisotopic (exact) mass is 121 g/mol. The summed E-state index contributed by atoms with van der Waals surface area (Å²) < 4.78 is 0. The van der Waals surface area contributed by atoms with Crippen LogP contribution in [-0.4, -0.2) is 15.0 Å². The van der Waals surface area contributed by atoms with Gasteiger partial charge in [0, 0.05) is 0 Å². The molecule has 1 heterocycles. The molecule has 0 aliphatic heterocycles. The van der Waals surface area contributed by atoms with Crippen molar-refractivity contribution in [3.8, 4) is 0 Å². The second-order valence-corrected chi connectivity index (χ2v) is 1.04. The molecule has 46 valence electrons. The Balaban J connectivity index is 0.000000187. The minimum atomic E-state index is 1.44. The lowest BCUT2D eigenvalue weighted by Crippen LogP contribution is -1.73. The van der Waals surface area contributed by atoms with E-state index in [-0.39, 0.29) is 0 Å². The van der Waals surface area contributed by atoms with Crippen LogP contribution >= 0.6 is 0 Å². The molecule has 0 saturated carbocycles. The van der Waals surface area contributed by atoms with Crippen LogP contribution in [0, 0.1) is 0 Å². The highest BCUT2D eigenvalue weighted by molar-refractivity contribution is 4.52. The SMILES string of the molecule is C=C=C.c1ncncn1. The fourth-order valence-electron chi connectivity index (χ4n) is 0.205. The molecular formula is C6H7N3. The molecule has 0 atom stereocenters. The Hall–Kier alpha value is -1.47. The van der Waals surface area contributed by atoms with Gasteiger partial charge < -0.3 is 0 Å².